The second-order valence-electron chi connectivity index (χ2n) is 7.78. The van der Waals surface area contributed by atoms with Crippen LogP contribution in [-0.4, -0.2) is 76.7 Å². The molecule has 1 saturated heterocycles. The summed E-state index contributed by atoms with van der Waals surface area (Å²) in [5, 5.41) is 29.7. The second-order valence-corrected chi connectivity index (χ2v) is 9.16. The van der Waals surface area contributed by atoms with Crippen LogP contribution < -0.4 is 16.0 Å². The van der Waals surface area contributed by atoms with Gasteiger partial charge in [-0.15, -0.1) is 0 Å². The lowest BCUT2D eigenvalue weighted by molar-refractivity contribution is -0.138. The number of phosphoric ester groups is 1. The van der Waals surface area contributed by atoms with Crippen LogP contribution in [0.2, 0.25) is 0 Å². The summed E-state index contributed by atoms with van der Waals surface area (Å²) in [6.45, 7) is -0.586. The van der Waals surface area contributed by atoms with E-state index in [1.807, 2.05) is 0 Å². The highest BCUT2D eigenvalue weighted by atomic mass is 31.2. The van der Waals surface area contributed by atoms with E-state index >= 15 is 0 Å². The number of aliphatic hydroxyl groups is 2. The maximum absolute atomic E-state index is 12.4. The Balaban J connectivity index is 1.37. The molecule has 15 nitrogen and oxygen atoms in total. The molecule has 6 atom stereocenters. The summed E-state index contributed by atoms with van der Waals surface area (Å²) in [5.74, 6) is -1.05. The average molecular weight is 510 g/mol. The first kappa shape index (κ1) is 24.9. The summed E-state index contributed by atoms with van der Waals surface area (Å²) >= 11 is 0. The molecular weight excluding hydrogens is 487 g/mol. The molecule has 8 N–H and O–H groups in total. The molecular formula is C19H23N6O9P. The summed E-state index contributed by atoms with van der Waals surface area (Å²) in [5.41, 5.74) is 12.4. The van der Waals surface area contributed by atoms with E-state index in [1.165, 1.54) is 41.5 Å². The zero-order valence-corrected chi connectivity index (χ0v) is 18.9. The minimum atomic E-state index is -4.64. The molecule has 1 unspecified atom stereocenters. The fraction of sp³-hybridized carbons (Fsp3) is 0.368. The third-order valence-corrected chi connectivity index (χ3v) is 6.23. The van der Waals surface area contributed by atoms with Crippen LogP contribution in [0.25, 0.3) is 11.2 Å². The van der Waals surface area contributed by atoms with Crippen molar-refractivity contribution in [3.05, 3.63) is 42.5 Å². The van der Waals surface area contributed by atoms with Gasteiger partial charge in [0.05, 0.1) is 12.9 Å². The van der Waals surface area contributed by atoms with Gasteiger partial charge in [-0.2, -0.15) is 0 Å². The van der Waals surface area contributed by atoms with E-state index in [0.717, 1.165) is 0 Å². The van der Waals surface area contributed by atoms with Crippen molar-refractivity contribution in [2.75, 3.05) is 12.3 Å². The second kappa shape index (κ2) is 9.83. The van der Waals surface area contributed by atoms with Crippen LogP contribution in [0, 0.1) is 0 Å². The third kappa shape index (κ3) is 5.41. The number of aromatic nitrogens is 4. The van der Waals surface area contributed by atoms with E-state index in [4.69, 9.17) is 30.4 Å². The Morgan fingerprint density at radius 1 is 1.20 bits per heavy atom. The Kier molecular flexibility index (Phi) is 7.00. The topological polar surface area (TPSA) is 238 Å². The number of benzene rings is 1. The number of fused-ring (bicyclic) bond motifs is 1. The molecule has 0 radical (unpaired) electrons. The normalized spacial score (nSPS) is 24.8. The number of imidazole rings is 1. The van der Waals surface area contributed by atoms with Gasteiger partial charge in [0.2, 0.25) is 0 Å². The van der Waals surface area contributed by atoms with Crippen molar-refractivity contribution >= 4 is 30.8 Å². The Hall–Kier alpha value is -3.17. The molecule has 35 heavy (non-hydrogen) atoms. The number of nitrogens with two attached hydrogens (primary N) is 2. The molecule has 0 bridgehead atoms. The van der Waals surface area contributed by atoms with E-state index in [2.05, 4.69) is 15.0 Å². The number of hydrogen-bond acceptors (Lipinski definition) is 12. The zero-order chi connectivity index (χ0) is 25.3. The zero-order valence-electron chi connectivity index (χ0n) is 18.0. The number of nitrogen functional groups attached to an aromatic ring is 1. The first-order valence-corrected chi connectivity index (χ1v) is 11.7. The van der Waals surface area contributed by atoms with Gasteiger partial charge >= 0.3 is 13.8 Å². The molecule has 0 aliphatic carbocycles. The first-order valence-electron chi connectivity index (χ1n) is 10.2. The standard InChI is InChI=1S/C19H23N6O9P/c20-11(19(28)29)5-9-1-3-10(4-2-9)34-35(30,31)32-6-12-14(26)15(27)18(33-12)25-8-24-13-16(21)22-7-23-17(13)25/h1-4,7-8,11-12,14-15,18,26-27H,5-6,20H2,(H,28,29)(H,30,31)(H2,21,22,23)/t11-,12+,14+,15+,18+/m0/s1. The number of carbonyl (C=O) groups is 1. The van der Waals surface area contributed by atoms with Gasteiger partial charge in [0, 0.05) is 0 Å². The van der Waals surface area contributed by atoms with Crippen molar-refractivity contribution in [1.29, 1.82) is 0 Å². The number of ether oxygens (including phenoxy) is 1. The van der Waals surface area contributed by atoms with Gasteiger partial charge in [-0.1, -0.05) is 12.1 Å². The highest BCUT2D eigenvalue weighted by molar-refractivity contribution is 7.47. The number of aliphatic carboxylic acids is 1. The number of aliphatic hydroxyl groups excluding tert-OH is 2. The van der Waals surface area contributed by atoms with E-state index in [0.29, 0.717) is 5.56 Å². The number of nitrogens with zero attached hydrogens (tertiary/aromatic N) is 4. The number of phosphoric acid groups is 1. The Labute approximate surface area is 197 Å². The van der Waals surface area contributed by atoms with Crippen LogP contribution in [0.5, 0.6) is 5.75 Å². The fourth-order valence-electron chi connectivity index (χ4n) is 3.51. The van der Waals surface area contributed by atoms with E-state index in [9.17, 15) is 24.5 Å². The number of hydrogen-bond donors (Lipinski definition) is 6. The molecule has 0 amide bonds. The molecule has 3 aromatic rings. The quantitative estimate of drug-likeness (QED) is 0.193. The summed E-state index contributed by atoms with van der Waals surface area (Å²) < 4.78 is 29.3. The Morgan fingerprint density at radius 2 is 1.91 bits per heavy atom. The van der Waals surface area contributed by atoms with Crippen LogP contribution in [0.4, 0.5) is 5.82 Å². The highest BCUT2D eigenvalue weighted by Gasteiger charge is 2.45. The van der Waals surface area contributed by atoms with E-state index < -0.39 is 51.0 Å². The summed E-state index contributed by atoms with van der Waals surface area (Å²) in [4.78, 5) is 32.9. The van der Waals surface area contributed by atoms with Gasteiger partial charge in [0.15, 0.2) is 17.7 Å². The molecule has 1 aliphatic heterocycles. The molecule has 4 rings (SSSR count). The maximum atomic E-state index is 12.4. The lowest BCUT2D eigenvalue weighted by Crippen LogP contribution is -2.33. The minimum Gasteiger partial charge on any atom is -0.480 e. The largest absolute Gasteiger partial charge is 0.527 e. The van der Waals surface area contributed by atoms with Crippen LogP contribution in [0.15, 0.2) is 36.9 Å². The minimum absolute atomic E-state index is 0.0172. The lowest BCUT2D eigenvalue weighted by atomic mass is 10.1. The summed E-state index contributed by atoms with van der Waals surface area (Å²) in [6.07, 6.45) is -2.62. The number of rotatable bonds is 9. The number of anilines is 1. The smallest absolute Gasteiger partial charge is 0.480 e. The fourth-order valence-corrected chi connectivity index (χ4v) is 4.28. The van der Waals surface area contributed by atoms with Crippen LogP contribution in [-0.2, 0) is 25.0 Å². The van der Waals surface area contributed by atoms with Crippen molar-refractivity contribution < 1.29 is 43.4 Å². The molecule has 16 heteroatoms. The van der Waals surface area contributed by atoms with Crippen LogP contribution in [0.3, 0.4) is 0 Å². The van der Waals surface area contributed by atoms with E-state index in [1.54, 1.807) is 0 Å². The predicted octanol–water partition coefficient (Wildman–Crippen LogP) is -0.822. The summed E-state index contributed by atoms with van der Waals surface area (Å²) in [7, 11) is -4.64. The lowest BCUT2D eigenvalue weighted by Gasteiger charge is -2.18. The van der Waals surface area contributed by atoms with Crippen LogP contribution >= 0.6 is 7.82 Å². The Morgan fingerprint density at radius 3 is 2.60 bits per heavy atom. The average Bonchev–Trinajstić information content (AvgIpc) is 3.36. The van der Waals surface area contributed by atoms with Crippen molar-refractivity contribution in [3.8, 4) is 5.75 Å². The van der Waals surface area contributed by atoms with Crippen molar-refractivity contribution in [3.63, 3.8) is 0 Å². The van der Waals surface area contributed by atoms with E-state index in [-0.39, 0.29) is 29.2 Å². The van der Waals surface area contributed by atoms with Gasteiger partial charge in [-0.3, -0.25) is 18.8 Å². The number of carboxylic acids is 1. The summed E-state index contributed by atoms with van der Waals surface area (Å²) in [6, 6.07) is 4.61. The van der Waals surface area contributed by atoms with Crippen molar-refractivity contribution in [2.24, 2.45) is 5.73 Å². The van der Waals surface area contributed by atoms with Crippen LogP contribution in [0.1, 0.15) is 11.8 Å². The predicted molar refractivity (Wildman–Crippen MR) is 118 cm³/mol. The van der Waals surface area contributed by atoms with Gasteiger partial charge in [-0.25, -0.2) is 19.5 Å². The first-order chi connectivity index (χ1) is 16.6. The molecule has 1 fully saturated rings. The maximum Gasteiger partial charge on any atom is 0.527 e. The SMILES string of the molecule is Nc1ncnc2c1ncn2[C@@H]1O[C@H](COP(=O)(O)Oc2ccc(C[C@H](N)C(=O)O)cc2)[C@@H](O)[C@H]1O. The molecule has 1 aliphatic rings. The molecule has 0 saturated carbocycles. The van der Waals surface area contributed by atoms with Crippen molar-refractivity contribution in [1.82, 2.24) is 19.5 Å². The molecule has 3 heterocycles. The Bertz CT molecular complexity index is 1260. The molecule has 1 aromatic carbocycles. The monoisotopic (exact) mass is 510 g/mol. The third-order valence-electron chi connectivity index (χ3n) is 5.32. The molecule has 2 aromatic heterocycles. The van der Waals surface area contributed by atoms with Gasteiger partial charge in [0.25, 0.3) is 0 Å². The number of carboxylic acid groups (broad SMARTS) is 1. The van der Waals surface area contributed by atoms with Gasteiger partial charge < -0.3 is 36.0 Å². The van der Waals surface area contributed by atoms with Gasteiger partial charge in [0.1, 0.15) is 41.9 Å². The molecule has 188 valence electrons. The highest BCUT2D eigenvalue weighted by Crippen LogP contribution is 2.45. The van der Waals surface area contributed by atoms with Crippen molar-refractivity contribution in [2.45, 2.75) is 37.0 Å². The molecule has 0 spiro atoms. The van der Waals surface area contributed by atoms with Gasteiger partial charge in [-0.05, 0) is 24.1 Å².